The van der Waals surface area contributed by atoms with E-state index in [9.17, 15) is 23.1 Å². The monoisotopic (exact) mass is 538 g/mol. The molecule has 11 heteroatoms. The van der Waals surface area contributed by atoms with E-state index in [-0.39, 0.29) is 10.7 Å². The number of sulfonamides is 1. The Morgan fingerprint density at radius 2 is 1.74 bits per heavy atom. The van der Waals surface area contributed by atoms with Crippen LogP contribution in [0.25, 0.3) is 11.1 Å². The zero-order valence-electron chi connectivity index (χ0n) is 21.3. The Kier molecular flexibility index (Phi) is 8.54. The molecule has 38 heavy (non-hydrogen) atoms. The van der Waals surface area contributed by atoms with Gasteiger partial charge in [0, 0.05) is 16.8 Å². The van der Waals surface area contributed by atoms with Crippen LogP contribution in [-0.2, 0) is 21.2 Å². The number of alkyl carbamates (subject to hydrolysis) is 1. The van der Waals surface area contributed by atoms with Gasteiger partial charge in [0.15, 0.2) is 0 Å². The molecule has 3 aromatic rings. The highest BCUT2D eigenvalue weighted by Gasteiger charge is 2.35. The van der Waals surface area contributed by atoms with Crippen molar-refractivity contribution in [2.45, 2.75) is 37.1 Å². The third kappa shape index (κ3) is 6.36. The number of methoxy groups -OCH3 is 1. The van der Waals surface area contributed by atoms with Crippen molar-refractivity contribution in [3.63, 3.8) is 0 Å². The van der Waals surface area contributed by atoms with Crippen molar-refractivity contribution in [1.29, 1.82) is 5.41 Å². The van der Waals surface area contributed by atoms with Crippen molar-refractivity contribution in [2.75, 3.05) is 12.0 Å². The number of nitrogens with two attached hydrogens (primary N) is 1. The summed E-state index contributed by atoms with van der Waals surface area (Å²) in [4.78, 5) is 25.2. The number of carboxylic acid groups (broad SMARTS) is 1. The van der Waals surface area contributed by atoms with E-state index in [0.29, 0.717) is 35.2 Å². The van der Waals surface area contributed by atoms with E-state index >= 15 is 0 Å². The molecule has 1 unspecified atom stereocenters. The van der Waals surface area contributed by atoms with Crippen LogP contribution in [0.4, 0.5) is 15.3 Å². The summed E-state index contributed by atoms with van der Waals surface area (Å²) in [5.74, 6) is -0.137. The Balaban J connectivity index is 1.94. The number of primary sulfonamides is 1. The summed E-state index contributed by atoms with van der Waals surface area (Å²) < 4.78 is 28.6. The van der Waals surface area contributed by atoms with Gasteiger partial charge < -0.3 is 9.84 Å². The predicted octanol–water partition coefficient (Wildman–Crippen LogP) is 4.58. The lowest BCUT2D eigenvalue weighted by atomic mass is 9.87. The third-order valence-electron chi connectivity index (χ3n) is 6.34. The molecule has 0 saturated heterocycles. The van der Waals surface area contributed by atoms with E-state index in [1.54, 1.807) is 60.7 Å². The molecule has 10 nitrogen and oxygen atoms in total. The second-order valence-electron chi connectivity index (χ2n) is 8.93. The van der Waals surface area contributed by atoms with Gasteiger partial charge in [0.25, 0.3) is 0 Å². The molecule has 200 valence electrons. The summed E-state index contributed by atoms with van der Waals surface area (Å²) in [5, 5.41) is 26.0. The molecule has 5 N–H and O–H groups in total. The van der Waals surface area contributed by atoms with Gasteiger partial charge in [-0.25, -0.2) is 23.1 Å². The Hall–Kier alpha value is -4.22. The molecular weight excluding hydrogens is 508 g/mol. The fourth-order valence-corrected chi connectivity index (χ4v) is 5.02. The molecular formula is C27H30N4O6S. The van der Waals surface area contributed by atoms with Crippen LogP contribution >= 0.6 is 0 Å². The first kappa shape index (κ1) is 28.4. The largest absolute Gasteiger partial charge is 0.465 e. The topological polar surface area (TPSA) is 163 Å². The van der Waals surface area contributed by atoms with Crippen LogP contribution in [0.2, 0.25) is 0 Å². The second-order valence-corrected chi connectivity index (χ2v) is 10.5. The molecule has 3 aromatic carbocycles. The van der Waals surface area contributed by atoms with Crippen LogP contribution in [-0.4, -0.2) is 44.2 Å². The molecule has 0 radical (unpaired) electrons. The molecule has 0 aliphatic heterocycles. The number of ether oxygens (including phenoxy) is 1. The average molecular weight is 539 g/mol. The Morgan fingerprint density at radius 3 is 2.32 bits per heavy atom. The lowest BCUT2D eigenvalue weighted by Crippen LogP contribution is -2.51. The van der Waals surface area contributed by atoms with Gasteiger partial charge in [0.05, 0.1) is 17.5 Å². The van der Waals surface area contributed by atoms with Crippen molar-refractivity contribution in [2.24, 2.45) is 5.14 Å². The zero-order chi connectivity index (χ0) is 28.1. The Morgan fingerprint density at radius 1 is 1.08 bits per heavy atom. The van der Waals surface area contributed by atoms with Crippen LogP contribution in [0.3, 0.4) is 0 Å². The lowest BCUT2D eigenvalue weighted by molar-refractivity contribution is 0.176. The number of hydrogen-bond donors (Lipinski definition) is 4. The summed E-state index contributed by atoms with van der Waals surface area (Å²) in [6.45, 7) is 3.72. The fourth-order valence-electron chi connectivity index (χ4n) is 4.26. The third-order valence-corrected chi connectivity index (χ3v) is 7.31. The summed E-state index contributed by atoms with van der Waals surface area (Å²) in [7, 11) is -2.75. The van der Waals surface area contributed by atoms with E-state index in [1.165, 1.54) is 18.1 Å². The van der Waals surface area contributed by atoms with Gasteiger partial charge in [-0.2, -0.15) is 0 Å². The highest BCUT2D eigenvalue weighted by molar-refractivity contribution is 7.89. The minimum absolute atomic E-state index is 0.0200. The number of rotatable bonds is 8. The molecule has 0 heterocycles. The van der Waals surface area contributed by atoms with E-state index in [4.69, 9.17) is 10.5 Å². The van der Waals surface area contributed by atoms with Gasteiger partial charge in [-0.1, -0.05) is 55.5 Å². The number of carbonyl (C=O) groups excluding carboxylic acids is 1. The first-order valence-electron chi connectivity index (χ1n) is 11.7. The van der Waals surface area contributed by atoms with Crippen LogP contribution in [0.5, 0.6) is 0 Å². The number of anilines is 1. The Labute approximate surface area is 221 Å². The molecule has 0 saturated carbocycles. The van der Waals surface area contributed by atoms with Crippen molar-refractivity contribution in [1.82, 2.24) is 5.32 Å². The number of amides is 2. The van der Waals surface area contributed by atoms with E-state index in [2.05, 4.69) is 10.1 Å². The number of amidine groups is 1. The smallest absolute Gasteiger partial charge is 0.412 e. The summed E-state index contributed by atoms with van der Waals surface area (Å²) in [6, 6.07) is 19.9. The number of nitrogens with one attached hydrogen (secondary N) is 2. The maximum atomic E-state index is 12.5. The summed E-state index contributed by atoms with van der Waals surface area (Å²) >= 11 is 0. The van der Waals surface area contributed by atoms with Crippen LogP contribution in [0.15, 0.2) is 77.7 Å². The lowest BCUT2D eigenvalue weighted by Gasteiger charge is -2.39. The minimum Gasteiger partial charge on any atom is -0.465 e. The normalized spacial score (nSPS) is 12.7. The van der Waals surface area contributed by atoms with Gasteiger partial charge in [-0.15, -0.1) is 0 Å². The second kappa shape index (κ2) is 11.4. The Bertz CT molecular complexity index is 1460. The first-order chi connectivity index (χ1) is 17.9. The molecule has 3 rings (SSSR count). The molecule has 2 amide bonds. The van der Waals surface area contributed by atoms with Gasteiger partial charge in [-0.3, -0.25) is 15.6 Å². The van der Waals surface area contributed by atoms with E-state index in [0.717, 1.165) is 5.56 Å². The van der Waals surface area contributed by atoms with Gasteiger partial charge in [0.2, 0.25) is 10.0 Å². The predicted molar refractivity (Wildman–Crippen MR) is 145 cm³/mol. The number of nitrogens with zero attached hydrogens (tertiary/aromatic N) is 1. The number of hydrogen-bond acceptors (Lipinski definition) is 6. The highest BCUT2D eigenvalue weighted by Crippen LogP contribution is 2.33. The van der Waals surface area contributed by atoms with E-state index in [1.807, 2.05) is 19.9 Å². The summed E-state index contributed by atoms with van der Waals surface area (Å²) in [6.07, 6.45) is -1.11. The van der Waals surface area contributed by atoms with Crippen molar-refractivity contribution < 1.29 is 27.9 Å². The number of benzene rings is 3. The molecule has 0 aromatic heterocycles. The molecule has 0 aliphatic carbocycles. The molecule has 0 aliphatic rings. The first-order valence-corrected chi connectivity index (χ1v) is 13.2. The zero-order valence-corrected chi connectivity index (χ0v) is 22.1. The molecule has 0 bridgehead atoms. The van der Waals surface area contributed by atoms with Crippen LogP contribution < -0.4 is 15.4 Å². The van der Waals surface area contributed by atoms with Crippen molar-refractivity contribution in [3.05, 3.63) is 83.9 Å². The minimum atomic E-state index is -3.95. The molecule has 0 fully saturated rings. The highest BCUT2D eigenvalue weighted by atomic mass is 32.2. The van der Waals surface area contributed by atoms with Gasteiger partial charge >= 0.3 is 12.2 Å². The number of carbonyl (C=O) groups is 2. The SMILES string of the molecule is CCC(C)(Cc1cccc(C(=N)NC(=O)OC)c1)N(C(=O)O)c1ccc(-c2ccccc2S(N)(=O)=O)cc1. The standard InChI is InChI=1S/C27H30N4O6S/c1-4-27(2,17-18-8-7-9-20(16-18)24(28)30-25(32)37-3)31(26(33)34)21-14-12-19(13-15-21)22-10-5-6-11-23(22)38(29,35)36/h5-16H,4,17H2,1-3H3,(H,33,34)(H2,28,30,32)(H2,29,35,36). The van der Waals surface area contributed by atoms with Crippen LogP contribution in [0.1, 0.15) is 31.4 Å². The molecule has 0 spiro atoms. The van der Waals surface area contributed by atoms with Gasteiger partial charge in [-0.05, 0) is 55.2 Å². The average Bonchev–Trinajstić information content (AvgIpc) is 2.88. The quantitative estimate of drug-likeness (QED) is 0.242. The maximum Gasteiger partial charge on any atom is 0.412 e. The van der Waals surface area contributed by atoms with E-state index < -0.39 is 27.7 Å². The van der Waals surface area contributed by atoms with Crippen molar-refractivity contribution in [3.8, 4) is 11.1 Å². The van der Waals surface area contributed by atoms with Crippen LogP contribution in [0, 0.1) is 5.41 Å². The van der Waals surface area contributed by atoms with Crippen molar-refractivity contribution >= 4 is 33.7 Å². The fraction of sp³-hybridized carbons (Fsp3) is 0.222. The summed E-state index contributed by atoms with van der Waals surface area (Å²) in [5.41, 5.74) is 1.75. The molecule has 1 atom stereocenters. The maximum absolute atomic E-state index is 12.5. The van der Waals surface area contributed by atoms with Gasteiger partial charge in [0.1, 0.15) is 5.84 Å².